The first-order valence-electron chi connectivity index (χ1n) is 8.16. The maximum atomic E-state index is 4.47. The summed E-state index contributed by atoms with van der Waals surface area (Å²) in [6.45, 7) is 2.15. The normalized spacial score (nSPS) is 16.2. The molecule has 0 saturated carbocycles. The molecule has 0 N–H and O–H groups in total. The zero-order valence-corrected chi connectivity index (χ0v) is 12.6. The molecule has 0 radical (unpaired) electrons. The minimum Gasteiger partial charge on any atom is -0.662 e. The molecule has 1 aliphatic rings. The monoisotopic (exact) mass is 278 g/mol. The second-order valence-electron chi connectivity index (χ2n) is 6.07. The second kappa shape index (κ2) is 7.42. The van der Waals surface area contributed by atoms with Gasteiger partial charge in [-0.2, -0.15) is 0 Å². The Kier molecular flexibility index (Phi) is 5.07. The fourth-order valence-electron chi connectivity index (χ4n) is 3.39. The van der Waals surface area contributed by atoms with E-state index in [1.807, 2.05) is 0 Å². The summed E-state index contributed by atoms with van der Waals surface area (Å²) in [7, 11) is 0. The molecule has 0 atom stereocenters. The largest absolute Gasteiger partial charge is 0.662 e. The standard InChI is InChI=1S/C20H24N/c1-3-7-18(8-4-1)20(19-9-5-2-6-10-19)12-11-17-13-15-21-16-14-17/h1-10,17,20H,11-16H2/q-1. The van der Waals surface area contributed by atoms with Crippen LogP contribution in [0.4, 0.5) is 0 Å². The third-order valence-electron chi connectivity index (χ3n) is 4.66. The number of hydrogen-bond acceptors (Lipinski definition) is 0. The third kappa shape index (κ3) is 3.95. The minimum absolute atomic E-state index is 0.534. The van der Waals surface area contributed by atoms with Crippen molar-refractivity contribution in [2.45, 2.75) is 31.6 Å². The van der Waals surface area contributed by atoms with Gasteiger partial charge in [-0.15, -0.1) is 13.1 Å². The number of benzene rings is 2. The maximum absolute atomic E-state index is 4.47. The van der Waals surface area contributed by atoms with Gasteiger partial charge in [-0.3, -0.25) is 0 Å². The fraction of sp³-hybridized carbons (Fsp3) is 0.400. The lowest BCUT2D eigenvalue weighted by Gasteiger charge is -2.32. The molecule has 2 aromatic rings. The van der Waals surface area contributed by atoms with Crippen LogP contribution < -0.4 is 0 Å². The van der Waals surface area contributed by atoms with Crippen molar-refractivity contribution in [2.75, 3.05) is 13.1 Å². The Morgan fingerprint density at radius 3 is 1.86 bits per heavy atom. The average molecular weight is 278 g/mol. The zero-order valence-electron chi connectivity index (χ0n) is 12.6. The lowest BCUT2D eigenvalue weighted by Crippen LogP contribution is -2.13. The first kappa shape index (κ1) is 14.3. The van der Waals surface area contributed by atoms with E-state index in [-0.39, 0.29) is 0 Å². The molecule has 1 heterocycles. The van der Waals surface area contributed by atoms with Gasteiger partial charge in [-0.1, -0.05) is 73.5 Å². The topological polar surface area (TPSA) is 14.1 Å². The lowest BCUT2D eigenvalue weighted by molar-refractivity contribution is 0.396. The summed E-state index contributed by atoms with van der Waals surface area (Å²) in [6, 6.07) is 21.9. The maximum Gasteiger partial charge on any atom is 0.00894 e. The first-order chi connectivity index (χ1) is 10.4. The summed E-state index contributed by atoms with van der Waals surface area (Å²) in [5.74, 6) is 1.41. The van der Waals surface area contributed by atoms with Gasteiger partial charge < -0.3 is 5.32 Å². The van der Waals surface area contributed by atoms with Crippen LogP contribution in [-0.2, 0) is 0 Å². The fourth-order valence-corrected chi connectivity index (χ4v) is 3.39. The predicted octanol–water partition coefficient (Wildman–Crippen LogP) is 5.38. The highest BCUT2D eigenvalue weighted by Gasteiger charge is 2.16. The smallest absolute Gasteiger partial charge is 0.00894 e. The van der Waals surface area contributed by atoms with E-state index in [2.05, 4.69) is 66.0 Å². The Hall–Kier alpha value is -1.60. The third-order valence-corrected chi connectivity index (χ3v) is 4.66. The van der Waals surface area contributed by atoms with E-state index in [9.17, 15) is 0 Å². The van der Waals surface area contributed by atoms with Crippen molar-refractivity contribution < 1.29 is 0 Å². The van der Waals surface area contributed by atoms with Crippen molar-refractivity contribution in [3.05, 3.63) is 77.1 Å². The molecule has 3 rings (SSSR count). The van der Waals surface area contributed by atoms with Gasteiger partial charge in [-0.25, -0.2) is 0 Å². The molecule has 1 nitrogen and oxygen atoms in total. The molecule has 0 spiro atoms. The molecule has 1 heteroatoms. The molecule has 21 heavy (non-hydrogen) atoms. The highest BCUT2D eigenvalue weighted by atomic mass is 14.9. The van der Waals surface area contributed by atoms with E-state index in [0.29, 0.717) is 5.92 Å². The van der Waals surface area contributed by atoms with Crippen LogP contribution >= 0.6 is 0 Å². The van der Waals surface area contributed by atoms with Crippen LogP contribution in [0.3, 0.4) is 0 Å². The number of nitrogens with zero attached hydrogens (tertiary/aromatic N) is 1. The number of hydrogen-bond donors (Lipinski definition) is 0. The molecule has 1 saturated heterocycles. The SMILES string of the molecule is c1ccc(C(CCC2CC[N-]CC2)c2ccccc2)cc1. The van der Waals surface area contributed by atoms with Gasteiger partial charge in [0.25, 0.3) is 0 Å². The van der Waals surface area contributed by atoms with Gasteiger partial charge in [0, 0.05) is 5.92 Å². The van der Waals surface area contributed by atoms with E-state index in [1.54, 1.807) is 0 Å². The van der Waals surface area contributed by atoms with Crippen molar-refractivity contribution >= 4 is 0 Å². The van der Waals surface area contributed by atoms with Gasteiger partial charge in [0.1, 0.15) is 0 Å². The highest BCUT2D eigenvalue weighted by molar-refractivity contribution is 5.32. The van der Waals surface area contributed by atoms with Crippen molar-refractivity contribution in [2.24, 2.45) is 5.92 Å². The number of rotatable bonds is 5. The summed E-state index contributed by atoms with van der Waals surface area (Å²) < 4.78 is 0. The first-order valence-corrected chi connectivity index (χ1v) is 8.16. The summed E-state index contributed by atoms with van der Waals surface area (Å²) in [4.78, 5) is 0. The van der Waals surface area contributed by atoms with E-state index in [4.69, 9.17) is 0 Å². The Bertz CT molecular complexity index is 475. The Morgan fingerprint density at radius 1 is 0.810 bits per heavy atom. The van der Waals surface area contributed by atoms with Gasteiger partial charge in [0.05, 0.1) is 0 Å². The molecule has 1 fully saturated rings. The molecular formula is C20H24N-. The molecule has 2 aromatic carbocycles. The molecule has 110 valence electrons. The van der Waals surface area contributed by atoms with Crippen LogP contribution in [0.15, 0.2) is 60.7 Å². The van der Waals surface area contributed by atoms with E-state index in [0.717, 1.165) is 19.0 Å². The second-order valence-corrected chi connectivity index (χ2v) is 6.07. The molecule has 0 amide bonds. The average Bonchev–Trinajstić information content (AvgIpc) is 2.58. The minimum atomic E-state index is 0.534. The van der Waals surface area contributed by atoms with Crippen LogP contribution in [0, 0.1) is 5.92 Å². The molecule has 1 aliphatic heterocycles. The van der Waals surface area contributed by atoms with Crippen LogP contribution in [0.1, 0.15) is 42.7 Å². The van der Waals surface area contributed by atoms with Crippen LogP contribution in [0.25, 0.3) is 5.32 Å². The molecule has 0 aliphatic carbocycles. The van der Waals surface area contributed by atoms with E-state index >= 15 is 0 Å². The lowest BCUT2D eigenvalue weighted by atomic mass is 9.83. The molecule has 0 aromatic heterocycles. The molecule has 0 bridgehead atoms. The predicted molar refractivity (Wildman–Crippen MR) is 89.8 cm³/mol. The van der Waals surface area contributed by atoms with Gasteiger partial charge in [-0.05, 0) is 29.9 Å². The summed E-state index contributed by atoms with van der Waals surface area (Å²) in [5, 5.41) is 4.47. The number of piperidine rings is 1. The van der Waals surface area contributed by atoms with Crippen LogP contribution in [0.2, 0.25) is 0 Å². The van der Waals surface area contributed by atoms with E-state index < -0.39 is 0 Å². The highest BCUT2D eigenvalue weighted by Crippen LogP contribution is 2.32. The van der Waals surface area contributed by atoms with Crippen molar-refractivity contribution in [1.82, 2.24) is 0 Å². The molecular weight excluding hydrogens is 254 g/mol. The van der Waals surface area contributed by atoms with Crippen LogP contribution in [0.5, 0.6) is 0 Å². The Labute approximate surface area is 128 Å². The van der Waals surface area contributed by atoms with E-state index in [1.165, 1.54) is 36.8 Å². The Morgan fingerprint density at radius 2 is 1.33 bits per heavy atom. The van der Waals surface area contributed by atoms with Gasteiger partial charge in [0.2, 0.25) is 0 Å². The quantitative estimate of drug-likeness (QED) is 0.697. The van der Waals surface area contributed by atoms with Crippen molar-refractivity contribution in [1.29, 1.82) is 0 Å². The van der Waals surface area contributed by atoms with Crippen LogP contribution in [-0.4, -0.2) is 13.1 Å². The van der Waals surface area contributed by atoms with Crippen molar-refractivity contribution in [3.8, 4) is 0 Å². The summed E-state index contributed by atoms with van der Waals surface area (Å²) in [5.41, 5.74) is 2.90. The molecule has 0 unspecified atom stereocenters. The summed E-state index contributed by atoms with van der Waals surface area (Å²) >= 11 is 0. The summed E-state index contributed by atoms with van der Waals surface area (Å²) in [6.07, 6.45) is 5.15. The van der Waals surface area contributed by atoms with Gasteiger partial charge in [0.15, 0.2) is 0 Å². The Balaban J connectivity index is 1.73. The zero-order chi connectivity index (χ0) is 14.3. The van der Waals surface area contributed by atoms with Crippen molar-refractivity contribution in [3.63, 3.8) is 0 Å². The van der Waals surface area contributed by atoms with Gasteiger partial charge >= 0.3 is 0 Å².